The molecule has 102 valence electrons. The fraction of sp³-hybridized carbons (Fsp3) is 0.188. The van der Waals surface area contributed by atoms with Crippen LogP contribution >= 0.6 is 0 Å². The van der Waals surface area contributed by atoms with E-state index < -0.39 is 6.10 Å². The number of benzene rings is 2. The Balaban J connectivity index is 1.57. The van der Waals surface area contributed by atoms with Crippen LogP contribution in [0.5, 0.6) is 0 Å². The van der Waals surface area contributed by atoms with Crippen LogP contribution in [0.1, 0.15) is 18.1 Å². The van der Waals surface area contributed by atoms with Crippen molar-refractivity contribution < 1.29 is 9.52 Å². The van der Waals surface area contributed by atoms with Crippen LogP contribution in [0.4, 0.5) is 6.01 Å². The number of aliphatic hydroxyl groups excluding tert-OH is 1. The molecular formula is C16H16N2O2. The van der Waals surface area contributed by atoms with Crippen molar-refractivity contribution in [3.63, 3.8) is 0 Å². The van der Waals surface area contributed by atoms with Gasteiger partial charge in [0.25, 0.3) is 6.01 Å². The second kappa shape index (κ2) is 5.75. The van der Waals surface area contributed by atoms with Gasteiger partial charge in [-0.15, -0.1) is 0 Å². The van der Waals surface area contributed by atoms with E-state index in [2.05, 4.69) is 10.3 Å². The number of fused-ring (bicyclic) bond motifs is 1. The fourth-order valence-corrected chi connectivity index (χ4v) is 2.11. The van der Waals surface area contributed by atoms with Crippen LogP contribution in [0, 0.1) is 0 Å². The Hall–Kier alpha value is -2.33. The average Bonchev–Trinajstić information content (AvgIpc) is 2.90. The molecule has 0 bridgehead atoms. The molecule has 1 unspecified atom stereocenters. The van der Waals surface area contributed by atoms with Crippen LogP contribution in [0.25, 0.3) is 11.1 Å². The third-order valence-corrected chi connectivity index (χ3v) is 3.17. The molecule has 0 aliphatic heterocycles. The minimum absolute atomic E-state index is 0.479. The molecule has 0 amide bonds. The number of oxazole rings is 1. The van der Waals surface area contributed by atoms with Crippen molar-refractivity contribution in [3.8, 4) is 0 Å². The number of aromatic nitrogens is 1. The van der Waals surface area contributed by atoms with Gasteiger partial charge in [0.2, 0.25) is 0 Å². The maximum Gasteiger partial charge on any atom is 0.295 e. The summed E-state index contributed by atoms with van der Waals surface area (Å²) in [6, 6.07) is 17.7. The lowest BCUT2D eigenvalue weighted by atomic mass is 10.1. The molecule has 1 heterocycles. The van der Waals surface area contributed by atoms with E-state index in [9.17, 15) is 5.11 Å². The van der Waals surface area contributed by atoms with Crippen molar-refractivity contribution in [2.75, 3.05) is 11.9 Å². The fourth-order valence-electron chi connectivity index (χ4n) is 2.11. The van der Waals surface area contributed by atoms with Crippen LogP contribution in [0.15, 0.2) is 59.0 Å². The van der Waals surface area contributed by atoms with E-state index in [4.69, 9.17) is 4.42 Å². The van der Waals surface area contributed by atoms with Crippen LogP contribution in [0.3, 0.4) is 0 Å². The number of nitrogens with zero attached hydrogens (tertiary/aromatic N) is 1. The summed E-state index contributed by atoms with van der Waals surface area (Å²) in [6.07, 6.45) is 0.121. The Morgan fingerprint density at radius 1 is 1.05 bits per heavy atom. The SMILES string of the molecule is OC(CCNc1nc2ccccc2o1)c1ccccc1. The molecule has 4 nitrogen and oxygen atoms in total. The summed E-state index contributed by atoms with van der Waals surface area (Å²) in [5.74, 6) is 0. The van der Waals surface area contributed by atoms with Gasteiger partial charge in [-0.05, 0) is 24.1 Å². The average molecular weight is 268 g/mol. The molecule has 1 aromatic heterocycles. The van der Waals surface area contributed by atoms with E-state index in [0.717, 1.165) is 16.7 Å². The number of hydrogen-bond donors (Lipinski definition) is 2. The molecule has 0 radical (unpaired) electrons. The van der Waals surface area contributed by atoms with Crippen molar-refractivity contribution in [2.45, 2.75) is 12.5 Å². The zero-order chi connectivity index (χ0) is 13.8. The normalized spacial score (nSPS) is 12.4. The molecule has 0 aliphatic rings. The lowest BCUT2D eigenvalue weighted by Crippen LogP contribution is -2.07. The molecule has 0 fully saturated rings. The summed E-state index contributed by atoms with van der Waals surface area (Å²) < 4.78 is 5.55. The predicted octanol–water partition coefficient (Wildman–Crippen LogP) is 3.36. The summed E-state index contributed by atoms with van der Waals surface area (Å²) >= 11 is 0. The highest BCUT2D eigenvalue weighted by atomic mass is 16.4. The van der Waals surface area contributed by atoms with Crippen molar-refractivity contribution in [2.24, 2.45) is 0 Å². The Morgan fingerprint density at radius 2 is 1.80 bits per heavy atom. The maximum absolute atomic E-state index is 10.0. The second-order valence-corrected chi connectivity index (χ2v) is 4.63. The van der Waals surface area contributed by atoms with Gasteiger partial charge in [0.05, 0.1) is 6.10 Å². The lowest BCUT2D eigenvalue weighted by Gasteiger charge is -2.10. The minimum Gasteiger partial charge on any atom is -0.424 e. The number of aliphatic hydroxyl groups is 1. The molecule has 3 aromatic rings. The standard InChI is InChI=1S/C16H16N2O2/c19-14(12-6-2-1-3-7-12)10-11-17-16-18-13-8-4-5-9-15(13)20-16/h1-9,14,19H,10-11H2,(H,17,18). The zero-order valence-corrected chi connectivity index (χ0v) is 11.0. The number of anilines is 1. The van der Waals surface area contributed by atoms with Gasteiger partial charge in [-0.1, -0.05) is 42.5 Å². The Morgan fingerprint density at radius 3 is 2.60 bits per heavy atom. The number of para-hydroxylation sites is 2. The third kappa shape index (κ3) is 2.81. The molecular weight excluding hydrogens is 252 g/mol. The molecule has 1 atom stereocenters. The first kappa shape index (κ1) is 12.7. The van der Waals surface area contributed by atoms with E-state index >= 15 is 0 Å². The number of nitrogens with one attached hydrogen (secondary N) is 1. The van der Waals surface area contributed by atoms with Crippen LogP contribution in [-0.4, -0.2) is 16.6 Å². The maximum atomic E-state index is 10.0. The number of hydrogen-bond acceptors (Lipinski definition) is 4. The molecule has 20 heavy (non-hydrogen) atoms. The highest BCUT2D eigenvalue weighted by Gasteiger charge is 2.08. The van der Waals surface area contributed by atoms with Gasteiger partial charge in [-0.3, -0.25) is 0 Å². The summed E-state index contributed by atoms with van der Waals surface area (Å²) in [4.78, 5) is 4.32. The van der Waals surface area contributed by atoms with E-state index in [-0.39, 0.29) is 0 Å². The quantitative estimate of drug-likeness (QED) is 0.745. The van der Waals surface area contributed by atoms with Crippen molar-refractivity contribution in [1.29, 1.82) is 0 Å². The number of rotatable bonds is 5. The van der Waals surface area contributed by atoms with Gasteiger partial charge < -0.3 is 14.8 Å². The first-order valence-electron chi connectivity index (χ1n) is 6.65. The summed E-state index contributed by atoms with van der Waals surface area (Å²) in [6.45, 7) is 0.600. The van der Waals surface area contributed by atoms with E-state index in [1.165, 1.54) is 0 Å². The molecule has 0 spiro atoms. The van der Waals surface area contributed by atoms with Gasteiger partial charge in [-0.25, -0.2) is 0 Å². The molecule has 2 N–H and O–H groups in total. The molecule has 0 aliphatic carbocycles. The van der Waals surface area contributed by atoms with E-state index in [0.29, 0.717) is 19.0 Å². The largest absolute Gasteiger partial charge is 0.424 e. The molecule has 2 aromatic carbocycles. The Labute approximate surface area is 117 Å². The molecule has 0 saturated carbocycles. The van der Waals surface area contributed by atoms with Crippen molar-refractivity contribution in [1.82, 2.24) is 4.98 Å². The topological polar surface area (TPSA) is 58.3 Å². The van der Waals surface area contributed by atoms with Crippen LogP contribution < -0.4 is 5.32 Å². The zero-order valence-electron chi connectivity index (χ0n) is 11.0. The first-order valence-corrected chi connectivity index (χ1v) is 6.65. The highest BCUT2D eigenvalue weighted by molar-refractivity contribution is 5.74. The molecule has 4 heteroatoms. The predicted molar refractivity (Wildman–Crippen MR) is 78.5 cm³/mol. The van der Waals surface area contributed by atoms with Gasteiger partial charge in [0.15, 0.2) is 5.58 Å². The van der Waals surface area contributed by atoms with Gasteiger partial charge in [0, 0.05) is 6.54 Å². The van der Waals surface area contributed by atoms with Crippen LogP contribution in [0.2, 0.25) is 0 Å². The van der Waals surface area contributed by atoms with Gasteiger partial charge in [-0.2, -0.15) is 4.98 Å². The van der Waals surface area contributed by atoms with Crippen molar-refractivity contribution in [3.05, 3.63) is 60.2 Å². The van der Waals surface area contributed by atoms with Gasteiger partial charge in [0.1, 0.15) is 5.52 Å². The minimum atomic E-state index is -0.479. The smallest absolute Gasteiger partial charge is 0.295 e. The summed E-state index contributed by atoms with van der Waals surface area (Å²) in [7, 11) is 0. The molecule has 0 saturated heterocycles. The first-order chi connectivity index (χ1) is 9.83. The second-order valence-electron chi connectivity index (χ2n) is 4.63. The Bertz CT molecular complexity index is 646. The Kier molecular flexibility index (Phi) is 3.65. The van der Waals surface area contributed by atoms with E-state index in [1.807, 2.05) is 54.6 Å². The summed E-state index contributed by atoms with van der Waals surface area (Å²) in [5.41, 5.74) is 2.52. The molecule has 3 rings (SSSR count). The van der Waals surface area contributed by atoms with Crippen LogP contribution in [-0.2, 0) is 0 Å². The highest BCUT2D eigenvalue weighted by Crippen LogP contribution is 2.19. The van der Waals surface area contributed by atoms with Crippen molar-refractivity contribution >= 4 is 17.1 Å². The summed E-state index contributed by atoms with van der Waals surface area (Å²) in [5, 5.41) is 13.1. The van der Waals surface area contributed by atoms with E-state index in [1.54, 1.807) is 0 Å². The van der Waals surface area contributed by atoms with Gasteiger partial charge >= 0.3 is 0 Å². The monoisotopic (exact) mass is 268 g/mol. The third-order valence-electron chi connectivity index (χ3n) is 3.17. The lowest BCUT2D eigenvalue weighted by molar-refractivity contribution is 0.171.